The van der Waals surface area contributed by atoms with Crippen LogP contribution in [-0.4, -0.2) is 314 Å². The van der Waals surface area contributed by atoms with Crippen molar-refractivity contribution in [2.24, 2.45) is 50.2 Å². The van der Waals surface area contributed by atoms with Crippen molar-refractivity contribution in [3.63, 3.8) is 0 Å². The maximum atomic E-state index is 15.7. The van der Waals surface area contributed by atoms with Gasteiger partial charge < -0.3 is 144 Å². The van der Waals surface area contributed by atoms with Gasteiger partial charge in [0.1, 0.15) is 128 Å². The summed E-state index contributed by atoms with van der Waals surface area (Å²) < 4.78 is 59.7. The highest BCUT2D eigenvalue weighted by Crippen LogP contribution is 2.75. The highest BCUT2D eigenvalue weighted by Gasteiger charge is 2.73. The molecule has 518 valence electrons. The molecule has 4 saturated carbocycles. The van der Waals surface area contributed by atoms with Crippen LogP contribution in [0.15, 0.2) is 11.6 Å². The molecule has 90 heavy (non-hydrogen) atoms. The Hall–Kier alpha value is -1.75. The van der Waals surface area contributed by atoms with Gasteiger partial charge in [-0.25, -0.2) is 0 Å². The van der Waals surface area contributed by atoms with Crippen LogP contribution in [0.2, 0.25) is 0 Å². The van der Waals surface area contributed by atoms with E-state index in [-0.39, 0.29) is 24.7 Å². The lowest BCUT2D eigenvalue weighted by atomic mass is 9.33. The zero-order chi connectivity index (χ0) is 66.0. The second-order valence-corrected chi connectivity index (χ2v) is 29.3. The first kappa shape index (κ1) is 71.0. The molecule has 0 aromatic rings. The predicted octanol–water partition coefficient (Wildman–Crippen LogP) is -6.62. The molecule has 19 N–H and O–H groups in total. The fourth-order valence-corrected chi connectivity index (χ4v) is 17.8. The fourth-order valence-electron chi connectivity index (χ4n) is 17.8. The van der Waals surface area contributed by atoms with Crippen molar-refractivity contribution in [1.82, 2.24) is 0 Å². The van der Waals surface area contributed by atoms with E-state index in [1.165, 1.54) is 0 Å². The van der Waals surface area contributed by atoms with Crippen molar-refractivity contribution in [3.05, 3.63) is 11.6 Å². The molecule has 0 amide bonds. The SMILES string of the molecule is CC1(C)C[C@H]2C3=CC[C@@H]4[C@@]5(C)CC[C@@H](O[C@H]6O[C@@H](CO[C@H]7O[C@@H](CO)[C@H](O)[C@@H](O)[C@@H]7O)[C@H](O)[C@@H](O)[C@@H]6O[C@@H]6O[C@H](CO)[C@@H](O)[C@H](O)[C@H]6O)C(C)(C)[C@@H]5CC[C@@]4(C)[C@]3(C)CC(=O)[C@@]2(CO[C@@H]2O[C@H](CO[C@@H]3O[C@H](CO)[C@@H](O)[C@H](O)[C@H]3O)[C@@H](O)[C@H](O)[C@H]2O)[C@@H](O)[C@@H]1O. The van der Waals surface area contributed by atoms with Gasteiger partial charge >= 0.3 is 0 Å². The minimum atomic E-state index is -1.93. The first-order chi connectivity index (χ1) is 42.1. The zero-order valence-electron chi connectivity index (χ0n) is 51.7. The van der Waals surface area contributed by atoms with Gasteiger partial charge in [0.05, 0.1) is 63.4 Å². The van der Waals surface area contributed by atoms with Crippen LogP contribution in [0.3, 0.4) is 0 Å². The van der Waals surface area contributed by atoms with Crippen molar-refractivity contribution in [2.45, 2.75) is 265 Å². The van der Waals surface area contributed by atoms with Gasteiger partial charge in [-0.05, 0) is 77.9 Å². The van der Waals surface area contributed by atoms with Gasteiger partial charge in [-0.3, -0.25) is 4.79 Å². The average molecular weight is 1300 g/mol. The van der Waals surface area contributed by atoms with Crippen molar-refractivity contribution >= 4 is 5.78 Å². The molecular formula is C60H98O30. The standard InChI is InChI=1S/C60H98O30/c1-55(2)14-23-22-8-9-30-57(5)12-11-32(89-54-47(90-53-46(78)40(72)35(67)26(18-63)86-53)42(74)37(69)28(88-54)20-82-51-44(76)39(71)34(66)25(17-62)85-51)56(3,4)29(57)10-13-58(30,6)59(22,7)15-31(64)60(23,49(80)48(55)79)21-83-52-45(77)41(73)36(68)27(87-52)19-81-50-43(75)38(70)33(65)24(16-61)84-50/h8,23-30,32-54,61-63,65-80H,9-21H2,1-7H3/t23-,24+,25-,26+,27+,28-,29-,30+,32+,33+,34-,35+,36+,37-,38-,39+,40-,41-,42+,43+,44-,45+,46+,47-,48-,49-,50+,51-,52+,53-,54+,57-,58+,59+,60-/m0/s1. The van der Waals surface area contributed by atoms with Crippen LogP contribution in [0.5, 0.6) is 0 Å². The summed E-state index contributed by atoms with van der Waals surface area (Å²) in [5.74, 6) is -1.33. The van der Waals surface area contributed by atoms with Crippen LogP contribution < -0.4 is 0 Å². The third kappa shape index (κ3) is 11.6. The second-order valence-electron chi connectivity index (χ2n) is 29.3. The van der Waals surface area contributed by atoms with E-state index in [2.05, 4.69) is 26.8 Å². The summed E-state index contributed by atoms with van der Waals surface area (Å²) in [5.41, 5.74) is -4.48. The third-order valence-corrected chi connectivity index (χ3v) is 23.6. The van der Waals surface area contributed by atoms with Crippen LogP contribution in [0.1, 0.15) is 93.4 Å². The number of allylic oxidation sites excluding steroid dienone is 2. The zero-order valence-corrected chi connectivity index (χ0v) is 51.7. The Kier molecular flexibility index (Phi) is 20.7. The Morgan fingerprint density at radius 1 is 0.478 bits per heavy atom. The molecule has 30 heteroatoms. The number of carbonyl (C=O) groups is 1. The van der Waals surface area contributed by atoms with Gasteiger partial charge in [-0.2, -0.15) is 0 Å². The summed E-state index contributed by atoms with van der Waals surface area (Å²) in [7, 11) is 0. The van der Waals surface area contributed by atoms with Gasteiger partial charge in [0.2, 0.25) is 0 Å². The summed E-state index contributed by atoms with van der Waals surface area (Å²) >= 11 is 0. The molecule has 10 rings (SSSR count). The summed E-state index contributed by atoms with van der Waals surface area (Å²) in [6.45, 7) is 10.1. The van der Waals surface area contributed by atoms with Gasteiger partial charge in [-0.1, -0.05) is 60.1 Å². The number of rotatable bonds is 16. The van der Waals surface area contributed by atoms with Crippen LogP contribution in [0, 0.1) is 50.2 Å². The first-order valence-electron chi connectivity index (χ1n) is 31.5. The molecule has 0 bridgehead atoms. The third-order valence-electron chi connectivity index (χ3n) is 23.6. The Balaban J connectivity index is 0.893. The number of fused-ring (bicyclic) bond motifs is 7. The molecule has 5 aliphatic carbocycles. The minimum absolute atomic E-state index is 0.0728. The van der Waals surface area contributed by atoms with Crippen molar-refractivity contribution in [2.75, 3.05) is 39.6 Å². The van der Waals surface area contributed by atoms with Gasteiger partial charge in [0.25, 0.3) is 0 Å². The van der Waals surface area contributed by atoms with E-state index in [0.29, 0.717) is 32.1 Å². The quantitative estimate of drug-likeness (QED) is 0.0505. The lowest BCUT2D eigenvalue weighted by Gasteiger charge is -2.71. The van der Waals surface area contributed by atoms with E-state index in [4.69, 9.17) is 47.4 Å². The molecule has 5 heterocycles. The monoisotopic (exact) mass is 1300 g/mol. The van der Waals surface area contributed by atoms with Crippen molar-refractivity contribution < 1.29 is 149 Å². The molecule has 9 fully saturated rings. The van der Waals surface area contributed by atoms with E-state index in [0.717, 1.165) is 5.57 Å². The molecule has 0 aromatic carbocycles. The molecule has 5 aliphatic heterocycles. The number of Topliss-reactive ketones (excluding diaryl/α,β-unsaturated/α-hetero) is 1. The van der Waals surface area contributed by atoms with Crippen LogP contribution in [0.4, 0.5) is 0 Å². The maximum absolute atomic E-state index is 15.7. The normalized spacial score (nSPS) is 54.4. The van der Waals surface area contributed by atoms with Gasteiger partial charge in [0, 0.05) is 11.8 Å². The number of aliphatic hydroxyl groups excluding tert-OH is 19. The second kappa shape index (κ2) is 26.2. The van der Waals surface area contributed by atoms with E-state index < -0.39 is 256 Å². The molecule has 0 radical (unpaired) electrons. The summed E-state index contributed by atoms with van der Waals surface area (Å²) in [5, 5.41) is 206. The maximum Gasteiger partial charge on any atom is 0.187 e. The Morgan fingerprint density at radius 2 is 0.922 bits per heavy atom. The lowest BCUT2D eigenvalue weighted by molar-refractivity contribution is -0.382. The molecule has 0 aromatic heterocycles. The Labute approximate surface area is 520 Å². The van der Waals surface area contributed by atoms with Crippen molar-refractivity contribution in [1.29, 1.82) is 0 Å². The van der Waals surface area contributed by atoms with Gasteiger partial charge in [0.15, 0.2) is 31.5 Å². The van der Waals surface area contributed by atoms with Crippen LogP contribution in [0.25, 0.3) is 0 Å². The Morgan fingerprint density at radius 3 is 1.43 bits per heavy atom. The van der Waals surface area contributed by atoms with Crippen LogP contribution >= 0.6 is 0 Å². The number of hydrogen-bond acceptors (Lipinski definition) is 30. The summed E-state index contributed by atoms with van der Waals surface area (Å²) in [6, 6.07) is 0. The van der Waals surface area contributed by atoms with Crippen LogP contribution in [-0.2, 0) is 52.2 Å². The van der Waals surface area contributed by atoms with E-state index >= 15 is 4.79 Å². The molecule has 0 spiro atoms. The topological polar surface area (TPSA) is 494 Å². The predicted molar refractivity (Wildman–Crippen MR) is 298 cm³/mol. The largest absolute Gasteiger partial charge is 0.394 e. The average Bonchev–Trinajstić information content (AvgIpc) is 0.672. The number of aliphatic hydroxyl groups is 19. The molecule has 0 unspecified atom stereocenters. The minimum Gasteiger partial charge on any atom is -0.394 e. The number of hydrogen-bond donors (Lipinski definition) is 19. The number of ketones is 1. The Bertz CT molecular complexity index is 2510. The van der Waals surface area contributed by atoms with Gasteiger partial charge in [-0.15, -0.1) is 0 Å². The molecule has 10 aliphatic rings. The first-order valence-corrected chi connectivity index (χ1v) is 31.5. The number of carbonyl (C=O) groups excluding carboxylic acids is 1. The highest BCUT2D eigenvalue weighted by molar-refractivity contribution is 5.90. The van der Waals surface area contributed by atoms with E-state index in [1.807, 2.05) is 13.8 Å². The van der Waals surface area contributed by atoms with Crippen molar-refractivity contribution in [3.8, 4) is 0 Å². The molecule has 5 saturated heterocycles. The van der Waals surface area contributed by atoms with E-state index in [1.54, 1.807) is 13.8 Å². The lowest BCUT2D eigenvalue weighted by Crippen LogP contribution is -2.71. The summed E-state index contributed by atoms with van der Waals surface area (Å²) in [4.78, 5) is 15.7. The molecule has 35 atom stereocenters. The number of ether oxygens (including phenoxy) is 10. The highest BCUT2D eigenvalue weighted by atomic mass is 16.8. The molecular weight excluding hydrogens is 1200 g/mol. The van der Waals surface area contributed by atoms with E-state index in [9.17, 15) is 97.0 Å². The molecule has 30 nitrogen and oxygen atoms in total. The smallest absolute Gasteiger partial charge is 0.187 e. The summed E-state index contributed by atoms with van der Waals surface area (Å²) in [6.07, 6.45) is -41.7. The fraction of sp³-hybridized carbons (Fsp3) is 0.950.